The standard InChI is InChI=1S/C15H17Cl2NO4/c1-8-7-18(13(9(2)22-8)15(20)21-3)14(19)10-4-5-11(16)12(17)6-10/h4-6,8-9,13H,7H2,1-3H3. The van der Waals surface area contributed by atoms with E-state index >= 15 is 0 Å². The molecule has 0 spiro atoms. The van der Waals surface area contributed by atoms with Gasteiger partial charge in [-0.05, 0) is 32.0 Å². The summed E-state index contributed by atoms with van der Waals surface area (Å²) in [6.45, 7) is 3.88. The highest BCUT2D eigenvalue weighted by molar-refractivity contribution is 6.42. The minimum absolute atomic E-state index is 0.178. The van der Waals surface area contributed by atoms with E-state index in [0.29, 0.717) is 17.1 Å². The maximum Gasteiger partial charge on any atom is 0.331 e. The average Bonchev–Trinajstić information content (AvgIpc) is 2.47. The molecule has 1 aliphatic heterocycles. The summed E-state index contributed by atoms with van der Waals surface area (Å²) in [5.41, 5.74) is 0.365. The topological polar surface area (TPSA) is 55.8 Å². The van der Waals surface area contributed by atoms with Crippen molar-refractivity contribution >= 4 is 35.1 Å². The zero-order valence-electron chi connectivity index (χ0n) is 12.5. The van der Waals surface area contributed by atoms with Crippen LogP contribution in [0, 0.1) is 0 Å². The van der Waals surface area contributed by atoms with Crippen LogP contribution in [0.4, 0.5) is 0 Å². The van der Waals surface area contributed by atoms with Crippen molar-refractivity contribution in [2.24, 2.45) is 0 Å². The Bertz CT molecular complexity index is 593. The van der Waals surface area contributed by atoms with Gasteiger partial charge in [0.15, 0.2) is 6.04 Å². The van der Waals surface area contributed by atoms with Crippen LogP contribution >= 0.6 is 23.2 Å². The highest BCUT2D eigenvalue weighted by Crippen LogP contribution is 2.26. The number of halogens is 2. The molecule has 2 rings (SSSR count). The summed E-state index contributed by atoms with van der Waals surface area (Å²) in [4.78, 5) is 26.2. The average molecular weight is 346 g/mol. The molecule has 1 aliphatic rings. The van der Waals surface area contributed by atoms with Crippen LogP contribution in [0.5, 0.6) is 0 Å². The molecule has 5 nitrogen and oxygen atoms in total. The van der Waals surface area contributed by atoms with E-state index in [2.05, 4.69) is 0 Å². The van der Waals surface area contributed by atoms with Gasteiger partial charge in [0.2, 0.25) is 0 Å². The van der Waals surface area contributed by atoms with E-state index in [1.54, 1.807) is 19.1 Å². The first kappa shape index (κ1) is 17.1. The number of hydrogen-bond donors (Lipinski definition) is 0. The number of methoxy groups -OCH3 is 1. The van der Waals surface area contributed by atoms with E-state index in [0.717, 1.165) is 0 Å². The molecule has 3 unspecified atom stereocenters. The Labute approximate surface area is 139 Å². The quantitative estimate of drug-likeness (QED) is 0.773. The van der Waals surface area contributed by atoms with Gasteiger partial charge in [-0.15, -0.1) is 0 Å². The number of esters is 1. The second kappa shape index (κ2) is 6.86. The number of rotatable bonds is 2. The molecule has 1 fully saturated rings. The summed E-state index contributed by atoms with van der Waals surface area (Å²) >= 11 is 11.8. The SMILES string of the molecule is COC(=O)C1C(C)OC(C)CN1C(=O)c1ccc(Cl)c(Cl)c1. The van der Waals surface area contributed by atoms with Crippen LogP contribution in [-0.4, -0.2) is 48.7 Å². The van der Waals surface area contributed by atoms with E-state index < -0.39 is 18.1 Å². The van der Waals surface area contributed by atoms with E-state index in [-0.39, 0.29) is 17.0 Å². The maximum atomic E-state index is 12.7. The van der Waals surface area contributed by atoms with Crippen LogP contribution in [0.15, 0.2) is 18.2 Å². The summed E-state index contributed by atoms with van der Waals surface area (Å²) < 4.78 is 10.4. The summed E-state index contributed by atoms with van der Waals surface area (Å²) in [7, 11) is 1.29. The molecule has 1 aromatic carbocycles. The Hall–Kier alpha value is -1.30. The molecule has 0 radical (unpaired) electrons. The third-order valence-corrected chi connectivity index (χ3v) is 4.29. The van der Waals surface area contributed by atoms with Gasteiger partial charge in [0, 0.05) is 12.1 Å². The smallest absolute Gasteiger partial charge is 0.331 e. The first-order valence-corrected chi connectivity index (χ1v) is 7.60. The minimum atomic E-state index is -0.789. The number of carbonyl (C=O) groups is 2. The van der Waals surface area contributed by atoms with E-state index in [4.69, 9.17) is 32.7 Å². The number of carbonyl (C=O) groups excluding carboxylic acids is 2. The lowest BCUT2D eigenvalue weighted by atomic mass is 10.0. The third kappa shape index (κ3) is 3.37. The van der Waals surface area contributed by atoms with Gasteiger partial charge in [-0.3, -0.25) is 4.79 Å². The Morgan fingerprint density at radius 2 is 1.95 bits per heavy atom. The number of morpholine rings is 1. The molecule has 3 atom stereocenters. The lowest BCUT2D eigenvalue weighted by molar-refractivity contribution is -0.161. The number of ether oxygens (including phenoxy) is 2. The fourth-order valence-corrected chi connectivity index (χ4v) is 2.87. The fraction of sp³-hybridized carbons (Fsp3) is 0.467. The lowest BCUT2D eigenvalue weighted by Crippen LogP contribution is -2.59. The zero-order chi connectivity index (χ0) is 16.4. The zero-order valence-corrected chi connectivity index (χ0v) is 14.0. The molecule has 22 heavy (non-hydrogen) atoms. The van der Waals surface area contributed by atoms with Crippen molar-refractivity contribution in [1.82, 2.24) is 4.90 Å². The van der Waals surface area contributed by atoms with Gasteiger partial charge >= 0.3 is 5.97 Å². The van der Waals surface area contributed by atoms with Crippen LogP contribution in [0.2, 0.25) is 10.0 Å². The van der Waals surface area contributed by atoms with Crippen molar-refractivity contribution in [3.05, 3.63) is 33.8 Å². The molecule has 0 bridgehead atoms. The van der Waals surface area contributed by atoms with Gasteiger partial charge < -0.3 is 14.4 Å². The molecule has 7 heteroatoms. The molecule has 0 saturated carbocycles. The summed E-state index contributed by atoms with van der Waals surface area (Å²) in [6.07, 6.45) is -0.634. The molecule has 1 heterocycles. The molecule has 1 aromatic rings. The highest BCUT2D eigenvalue weighted by Gasteiger charge is 2.41. The first-order chi connectivity index (χ1) is 10.3. The predicted octanol–water partition coefficient (Wildman–Crippen LogP) is 2.78. The van der Waals surface area contributed by atoms with Gasteiger partial charge in [0.05, 0.1) is 29.4 Å². The van der Waals surface area contributed by atoms with Crippen LogP contribution in [0.25, 0.3) is 0 Å². The molecule has 0 N–H and O–H groups in total. The van der Waals surface area contributed by atoms with E-state index in [1.165, 1.54) is 18.1 Å². The number of amides is 1. The molecule has 0 aromatic heterocycles. The minimum Gasteiger partial charge on any atom is -0.467 e. The van der Waals surface area contributed by atoms with Gasteiger partial charge in [-0.25, -0.2) is 4.79 Å². The number of benzene rings is 1. The summed E-state index contributed by atoms with van der Waals surface area (Å²) in [5.74, 6) is -0.816. The normalized spacial score (nSPS) is 25.0. The fourth-order valence-electron chi connectivity index (χ4n) is 2.57. The van der Waals surface area contributed by atoms with Crippen molar-refractivity contribution in [2.75, 3.05) is 13.7 Å². The van der Waals surface area contributed by atoms with Crippen molar-refractivity contribution in [3.8, 4) is 0 Å². The molecular formula is C15H17Cl2NO4. The molecule has 1 saturated heterocycles. The number of hydrogen-bond acceptors (Lipinski definition) is 4. The van der Waals surface area contributed by atoms with Crippen molar-refractivity contribution < 1.29 is 19.1 Å². The Kier molecular flexibility index (Phi) is 5.32. The van der Waals surface area contributed by atoms with E-state index in [9.17, 15) is 9.59 Å². The van der Waals surface area contributed by atoms with Gasteiger partial charge in [-0.2, -0.15) is 0 Å². The third-order valence-electron chi connectivity index (χ3n) is 3.55. The summed E-state index contributed by atoms with van der Waals surface area (Å²) in [5, 5.41) is 0.655. The Balaban J connectivity index is 2.34. The predicted molar refractivity (Wildman–Crippen MR) is 83.3 cm³/mol. The van der Waals surface area contributed by atoms with Gasteiger partial charge in [0.1, 0.15) is 0 Å². The van der Waals surface area contributed by atoms with Crippen LogP contribution < -0.4 is 0 Å². The molecule has 120 valence electrons. The van der Waals surface area contributed by atoms with Crippen LogP contribution in [0.1, 0.15) is 24.2 Å². The van der Waals surface area contributed by atoms with Crippen molar-refractivity contribution in [3.63, 3.8) is 0 Å². The molecular weight excluding hydrogens is 329 g/mol. The number of nitrogens with zero attached hydrogens (tertiary/aromatic N) is 1. The van der Waals surface area contributed by atoms with E-state index in [1.807, 2.05) is 6.92 Å². The monoisotopic (exact) mass is 345 g/mol. The highest BCUT2D eigenvalue weighted by atomic mass is 35.5. The molecule has 1 amide bonds. The second-order valence-electron chi connectivity index (χ2n) is 5.21. The largest absolute Gasteiger partial charge is 0.467 e. The Morgan fingerprint density at radius 3 is 2.55 bits per heavy atom. The van der Waals surface area contributed by atoms with Crippen molar-refractivity contribution in [2.45, 2.75) is 32.1 Å². The lowest BCUT2D eigenvalue weighted by Gasteiger charge is -2.41. The molecule has 0 aliphatic carbocycles. The second-order valence-corrected chi connectivity index (χ2v) is 6.02. The van der Waals surface area contributed by atoms with Crippen molar-refractivity contribution in [1.29, 1.82) is 0 Å². The first-order valence-electron chi connectivity index (χ1n) is 6.84. The van der Waals surface area contributed by atoms with Gasteiger partial charge in [0.25, 0.3) is 5.91 Å². The summed E-state index contributed by atoms with van der Waals surface area (Å²) in [6, 6.07) is 3.83. The van der Waals surface area contributed by atoms with Crippen LogP contribution in [-0.2, 0) is 14.3 Å². The van der Waals surface area contributed by atoms with Gasteiger partial charge in [-0.1, -0.05) is 23.2 Å². The Morgan fingerprint density at radius 1 is 1.27 bits per heavy atom. The van der Waals surface area contributed by atoms with Crippen LogP contribution in [0.3, 0.4) is 0 Å². The maximum absolute atomic E-state index is 12.7.